The standard InChI is InChI=1S/C24H30N2O4S/c1-24(2,3)25-22(28)18-9-5-4-8-17(18)20(27)16-31-21-11-7-6-10-19(21)23(29)26-12-14-30-15-13-26/h4-11,20,27H,12-16H2,1-3H3,(H,25,28). The predicted molar refractivity (Wildman–Crippen MR) is 123 cm³/mol. The van der Waals surface area contributed by atoms with Gasteiger partial charge in [-0.05, 0) is 44.5 Å². The van der Waals surface area contributed by atoms with E-state index >= 15 is 0 Å². The van der Waals surface area contributed by atoms with Crippen LogP contribution in [0.25, 0.3) is 0 Å². The molecule has 1 unspecified atom stereocenters. The van der Waals surface area contributed by atoms with Crippen LogP contribution in [0.2, 0.25) is 0 Å². The van der Waals surface area contributed by atoms with Gasteiger partial charge in [0.05, 0.1) is 24.9 Å². The zero-order valence-corrected chi connectivity index (χ0v) is 19.1. The molecule has 2 aromatic carbocycles. The Bertz CT molecular complexity index is 920. The molecule has 0 saturated carbocycles. The van der Waals surface area contributed by atoms with Gasteiger partial charge in [0.25, 0.3) is 11.8 Å². The van der Waals surface area contributed by atoms with Gasteiger partial charge in [-0.2, -0.15) is 0 Å². The van der Waals surface area contributed by atoms with Gasteiger partial charge in [-0.25, -0.2) is 0 Å². The monoisotopic (exact) mass is 442 g/mol. The highest BCUT2D eigenvalue weighted by molar-refractivity contribution is 7.99. The van der Waals surface area contributed by atoms with Gasteiger partial charge in [0.2, 0.25) is 0 Å². The third-order valence-corrected chi connectivity index (χ3v) is 6.01. The first-order chi connectivity index (χ1) is 14.8. The summed E-state index contributed by atoms with van der Waals surface area (Å²) in [7, 11) is 0. The number of benzene rings is 2. The Kier molecular flexibility index (Phi) is 7.75. The van der Waals surface area contributed by atoms with E-state index in [0.717, 1.165) is 4.90 Å². The van der Waals surface area contributed by atoms with Crippen LogP contribution in [0.15, 0.2) is 53.4 Å². The van der Waals surface area contributed by atoms with Crippen LogP contribution in [0, 0.1) is 0 Å². The molecule has 2 N–H and O–H groups in total. The summed E-state index contributed by atoms with van der Waals surface area (Å²) in [5.74, 6) is 0.0913. The Hall–Kier alpha value is -2.35. The highest BCUT2D eigenvalue weighted by Crippen LogP contribution is 2.30. The third-order valence-electron chi connectivity index (χ3n) is 4.87. The van der Waals surface area contributed by atoms with Gasteiger partial charge in [-0.1, -0.05) is 30.3 Å². The Morgan fingerprint density at radius 1 is 1.06 bits per heavy atom. The van der Waals surface area contributed by atoms with Crippen molar-refractivity contribution in [2.75, 3.05) is 32.1 Å². The topological polar surface area (TPSA) is 78.9 Å². The molecule has 31 heavy (non-hydrogen) atoms. The lowest BCUT2D eigenvalue weighted by molar-refractivity contribution is 0.0300. The lowest BCUT2D eigenvalue weighted by Gasteiger charge is -2.27. The van der Waals surface area contributed by atoms with Gasteiger partial charge in [0.15, 0.2) is 0 Å². The summed E-state index contributed by atoms with van der Waals surface area (Å²) in [6, 6.07) is 14.5. The first kappa shape index (κ1) is 23.3. The number of aliphatic hydroxyl groups is 1. The van der Waals surface area contributed by atoms with Crippen LogP contribution in [0.5, 0.6) is 0 Å². The summed E-state index contributed by atoms with van der Waals surface area (Å²) in [6.07, 6.45) is -0.849. The van der Waals surface area contributed by atoms with Crippen LogP contribution in [0.3, 0.4) is 0 Å². The second-order valence-corrected chi connectivity index (χ2v) is 9.58. The third kappa shape index (κ3) is 6.32. The number of thioether (sulfide) groups is 1. The number of carbonyl (C=O) groups excluding carboxylic acids is 2. The van der Waals surface area contributed by atoms with Gasteiger partial charge in [-0.3, -0.25) is 9.59 Å². The molecule has 0 aromatic heterocycles. The van der Waals surface area contributed by atoms with Crippen molar-refractivity contribution >= 4 is 23.6 Å². The van der Waals surface area contributed by atoms with Crippen molar-refractivity contribution in [3.8, 4) is 0 Å². The number of morpholine rings is 1. The Morgan fingerprint density at radius 3 is 2.35 bits per heavy atom. The van der Waals surface area contributed by atoms with Crippen molar-refractivity contribution in [1.82, 2.24) is 10.2 Å². The van der Waals surface area contributed by atoms with E-state index in [1.54, 1.807) is 23.1 Å². The lowest BCUT2D eigenvalue weighted by Crippen LogP contribution is -2.41. The minimum Gasteiger partial charge on any atom is -0.388 e. The average Bonchev–Trinajstić information content (AvgIpc) is 2.76. The van der Waals surface area contributed by atoms with Crippen molar-refractivity contribution in [1.29, 1.82) is 0 Å². The molecule has 1 aliphatic rings. The maximum absolute atomic E-state index is 13.0. The summed E-state index contributed by atoms with van der Waals surface area (Å²) >= 11 is 1.42. The highest BCUT2D eigenvalue weighted by atomic mass is 32.2. The molecule has 1 atom stereocenters. The minimum absolute atomic E-state index is 0.0224. The summed E-state index contributed by atoms with van der Waals surface area (Å²) in [5, 5.41) is 13.8. The molecule has 7 heteroatoms. The quantitative estimate of drug-likeness (QED) is 0.670. The van der Waals surface area contributed by atoms with Crippen molar-refractivity contribution < 1.29 is 19.4 Å². The fraction of sp³-hybridized carbons (Fsp3) is 0.417. The van der Waals surface area contributed by atoms with Crippen molar-refractivity contribution in [2.24, 2.45) is 0 Å². The van der Waals surface area contributed by atoms with E-state index in [4.69, 9.17) is 4.74 Å². The largest absolute Gasteiger partial charge is 0.388 e. The van der Waals surface area contributed by atoms with Gasteiger partial charge >= 0.3 is 0 Å². The van der Waals surface area contributed by atoms with Crippen LogP contribution in [-0.2, 0) is 4.74 Å². The maximum Gasteiger partial charge on any atom is 0.255 e. The van der Waals surface area contributed by atoms with Gasteiger partial charge < -0.3 is 20.1 Å². The summed E-state index contributed by atoms with van der Waals surface area (Å²) in [4.78, 5) is 28.3. The highest BCUT2D eigenvalue weighted by Gasteiger charge is 2.23. The van der Waals surface area contributed by atoms with Crippen LogP contribution in [0.4, 0.5) is 0 Å². The van der Waals surface area contributed by atoms with E-state index in [1.165, 1.54) is 11.8 Å². The SMILES string of the molecule is CC(C)(C)NC(=O)c1ccccc1C(O)CSc1ccccc1C(=O)N1CCOCC1. The van der Waals surface area contributed by atoms with E-state index in [0.29, 0.717) is 48.7 Å². The average molecular weight is 443 g/mol. The molecule has 2 aromatic rings. The molecule has 1 aliphatic heterocycles. The number of ether oxygens (including phenoxy) is 1. The molecule has 0 spiro atoms. The Balaban J connectivity index is 1.73. The number of hydrogen-bond acceptors (Lipinski definition) is 5. The van der Waals surface area contributed by atoms with Crippen molar-refractivity contribution in [3.05, 3.63) is 65.2 Å². The van der Waals surface area contributed by atoms with Crippen molar-refractivity contribution in [2.45, 2.75) is 37.3 Å². The molecule has 0 aliphatic carbocycles. The molecule has 1 fully saturated rings. The molecule has 166 valence electrons. The molecule has 0 radical (unpaired) electrons. The molecule has 1 saturated heterocycles. The summed E-state index contributed by atoms with van der Waals surface area (Å²) < 4.78 is 5.34. The fourth-order valence-corrected chi connectivity index (χ4v) is 4.37. The molecule has 0 bridgehead atoms. The second kappa shape index (κ2) is 10.3. The molecular formula is C24H30N2O4S. The number of aliphatic hydroxyl groups excluding tert-OH is 1. The zero-order valence-electron chi connectivity index (χ0n) is 18.3. The minimum atomic E-state index is -0.849. The normalized spacial score (nSPS) is 15.4. The molecule has 2 amide bonds. The van der Waals surface area contributed by atoms with Gasteiger partial charge in [0, 0.05) is 34.8 Å². The fourth-order valence-electron chi connectivity index (χ4n) is 3.37. The molecular weight excluding hydrogens is 412 g/mol. The van der Waals surface area contributed by atoms with Crippen LogP contribution in [0.1, 0.15) is 53.2 Å². The number of hydrogen-bond donors (Lipinski definition) is 2. The molecule has 3 rings (SSSR count). The Labute approximate surface area is 188 Å². The summed E-state index contributed by atoms with van der Waals surface area (Å²) in [6.45, 7) is 8.01. The first-order valence-corrected chi connectivity index (χ1v) is 11.4. The van der Waals surface area contributed by atoms with Gasteiger partial charge in [0.1, 0.15) is 0 Å². The van der Waals surface area contributed by atoms with Crippen LogP contribution < -0.4 is 5.32 Å². The number of nitrogens with one attached hydrogen (secondary N) is 1. The lowest BCUT2D eigenvalue weighted by atomic mass is 10.0. The molecule has 6 nitrogen and oxygen atoms in total. The van der Waals surface area contributed by atoms with E-state index in [9.17, 15) is 14.7 Å². The van der Waals surface area contributed by atoms with Crippen LogP contribution in [-0.4, -0.2) is 59.4 Å². The summed E-state index contributed by atoms with van der Waals surface area (Å²) in [5.41, 5.74) is 1.29. The maximum atomic E-state index is 13.0. The number of amides is 2. The molecule has 1 heterocycles. The van der Waals surface area contributed by atoms with E-state index in [2.05, 4.69) is 5.32 Å². The smallest absolute Gasteiger partial charge is 0.255 e. The number of nitrogens with zero attached hydrogens (tertiary/aromatic N) is 1. The second-order valence-electron chi connectivity index (χ2n) is 8.52. The van der Waals surface area contributed by atoms with Crippen molar-refractivity contribution in [3.63, 3.8) is 0 Å². The van der Waals surface area contributed by atoms with Crippen LogP contribution >= 0.6 is 11.8 Å². The van der Waals surface area contributed by atoms with E-state index in [1.807, 2.05) is 51.1 Å². The predicted octanol–water partition coefficient (Wildman–Crippen LogP) is 3.51. The number of carbonyl (C=O) groups is 2. The Morgan fingerprint density at radius 2 is 1.68 bits per heavy atom. The zero-order chi connectivity index (χ0) is 22.4. The van der Waals surface area contributed by atoms with E-state index < -0.39 is 6.10 Å². The number of rotatable bonds is 6. The first-order valence-electron chi connectivity index (χ1n) is 10.4. The van der Waals surface area contributed by atoms with Gasteiger partial charge in [-0.15, -0.1) is 11.8 Å². The van der Waals surface area contributed by atoms with E-state index in [-0.39, 0.29) is 17.4 Å².